The molecule has 0 aliphatic carbocycles. The molecule has 0 bridgehead atoms. The lowest BCUT2D eigenvalue weighted by atomic mass is 10.1. The van der Waals surface area contributed by atoms with Gasteiger partial charge in [-0.15, -0.1) is 0 Å². The summed E-state index contributed by atoms with van der Waals surface area (Å²) in [5.41, 5.74) is 0.650. The van der Waals surface area contributed by atoms with Gasteiger partial charge in [0.15, 0.2) is 0 Å². The molecule has 0 radical (unpaired) electrons. The van der Waals surface area contributed by atoms with Gasteiger partial charge in [0.05, 0.1) is 18.2 Å². The van der Waals surface area contributed by atoms with Crippen LogP contribution in [0.1, 0.15) is 36.8 Å². The van der Waals surface area contributed by atoms with E-state index in [1.807, 2.05) is 6.07 Å². The Bertz CT molecular complexity index is 545. The molecule has 1 aromatic carbocycles. The highest BCUT2D eigenvalue weighted by molar-refractivity contribution is 5.96. The number of amides is 2. The van der Waals surface area contributed by atoms with E-state index in [0.29, 0.717) is 31.2 Å². The van der Waals surface area contributed by atoms with E-state index in [0.717, 1.165) is 4.90 Å². The lowest BCUT2D eigenvalue weighted by molar-refractivity contribution is -0.144. The lowest BCUT2D eigenvalue weighted by Crippen LogP contribution is -2.34. The van der Waals surface area contributed by atoms with E-state index in [4.69, 9.17) is 5.26 Å². The predicted molar refractivity (Wildman–Crippen MR) is 65.1 cm³/mol. The third-order valence-corrected chi connectivity index (χ3v) is 3.15. The van der Waals surface area contributed by atoms with Crippen molar-refractivity contribution >= 4 is 11.8 Å². The van der Waals surface area contributed by atoms with E-state index >= 15 is 0 Å². The van der Waals surface area contributed by atoms with Gasteiger partial charge in [-0.3, -0.25) is 14.5 Å². The fourth-order valence-corrected chi connectivity index (χ4v) is 2.11. The molecule has 98 valence electrons. The van der Waals surface area contributed by atoms with Gasteiger partial charge >= 0.3 is 0 Å². The third-order valence-electron chi connectivity index (χ3n) is 3.15. The van der Waals surface area contributed by atoms with Gasteiger partial charge in [-0.05, 0) is 36.6 Å². The molecule has 0 aromatic heterocycles. The lowest BCUT2D eigenvalue weighted by Gasteiger charge is -2.19. The normalized spacial score (nSPS) is 16.1. The summed E-state index contributed by atoms with van der Waals surface area (Å²) in [5.74, 6) is -0.991. The van der Waals surface area contributed by atoms with Crippen LogP contribution in [0.25, 0.3) is 0 Å². The molecule has 1 aliphatic rings. The van der Waals surface area contributed by atoms with Crippen molar-refractivity contribution in [2.75, 3.05) is 0 Å². The topological polar surface area (TPSA) is 61.2 Å². The van der Waals surface area contributed by atoms with E-state index in [1.165, 1.54) is 18.2 Å². The Kier molecular flexibility index (Phi) is 3.91. The standard InChI is InChI=1S/C14H13FN2O2/c15-12-6-5-10(8-16)11(7-12)9-17-13(18)3-1-2-4-14(17)19/h5-7H,1-4,9H2. The van der Waals surface area contributed by atoms with E-state index in [-0.39, 0.29) is 23.9 Å². The number of likely N-dealkylation sites (tertiary alicyclic amines) is 1. The number of halogens is 1. The largest absolute Gasteiger partial charge is 0.278 e. The summed E-state index contributed by atoms with van der Waals surface area (Å²) < 4.78 is 13.2. The Morgan fingerprint density at radius 2 is 1.84 bits per heavy atom. The maximum Gasteiger partial charge on any atom is 0.229 e. The molecule has 0 atom stereocenters. The van der Waals surface area contributed by atoms with Crippen molar-refractivity contribution in [3.05, 3.63) is 35.1 Å². The number of rotatable bonds is 2. The minimum absolute atomic E-state index is 0.0294. The molecule has 2 rings (SSSR count). The molecule has 5 heteroatoms. The van der Waals surface area contributed by atoms with Crippen molar-refractivity contribution in [3.8, 4) is 6.07 Å². The molecule has 1 fully saturated rings. The molecule has 19 heavy (non-hydrogen) atoms. The van der Waals surface area contributed by atoms with Gasteiger partial charge in [-0.1, -0.05) is 0 Å². The quantitative estimate of drug-likeness (QED) is 0.765. The molecule has 1 heterocycles. The number of carbonyl (C=O) groups excluding carboxylic acids is 2. The number of hydrogen-bond donors (Lipinski definition) is 0. The highest BCUT2D eigenvalue weighted by Crippen LogP contribution is 2.18. The van der Waals surface area contributed by atoms with Gasteiger partial charge in [-0.25, -0.2) is 4.39 Å². The number of nitrogens with zero attached hydrogens (tertiary/aromatic N) is 2. The van der Waals surface area contributed by atoms with E-state index in [9.17, 15) is 14.0 Å². The number of benzene rings is 1. The summed E-state index contributed by atoms with van der Waals surface area (Å²) in [7, 11) is 0. The maximum absolute atomic E-state index is 13.2. The van der Waals surface area contributed by atoms with Crippen LogP contribution < -0.4 is 0 Å². The second-order valence-corrected chi connectivity index (χ2v) is 4.49. The van der Waals surface area contributed by atoms with Gasteiger partial charge in [0, 0.05) is 12.8 Å². The summed E-state index contributed by atoms with van der Waals surface area (Å²) in [6, 6.07) is 5.69. The zero-order valence-corrected chi connectivity index (χ0v) is 10.4. The van der Waals surface area contributed by atoms with E-state index in [1.54, 1.807) is 0 Å². The average molecular weight is 260 g/mol. The minimum Gasteiger partial charge on any atom is -0.278 e. The maximum atomic E-state index is 13.2. The summed E-state index contributed by atoms with van der Waals surface area (Å²) in [4.78, 5) is 24.8. The monoisotopic (exact) mass is 260 g/mol. The number of nitriles is 1. The van der Waals surface area contributed by atoms with Gasteiger partial charge in [0.2, 0.25) is 11.8 Å². The van der Waals surface area contributed by atoms with Crippen molar-refractivity contribution in [1.82, 2.24) is 4.90 Å². The Balaban J connectivity index is 2.28. The molecule has 0 saturated carbocycles. The number of hydrogen-bond acceptors (Lipinski definition) is 3. The Morgan fingerprint density at radius 1 is 1.21 bits per heavy atom. The van der Waals surface area contributed by atoms with Gasteiger partial charge in [0.25, 0.3) is 0 Å². The van der Waals surface area contributed by atoms with Crippen LogP contribution in [0.5, 0.6) is 0 Å². The van der Waals surface area contributed by atoms with Crippen LogP contribution in [-0.4, -0.2) is 16.7 Å². The summed E-state index contributed by atoms with van der Waals surface area (Å²) in [6.45, 7) is -0.0294. The Labute approximate surface area is 110 Å². The number of imide groups is 1. The van der Waals surface area contributed by atoms with E-state index in [2.05, 4.69) is 0 Å². The van der Waals surface area contributed by atoms with Crippen LogP contribution in [0.4, 0.5) is 4.39 Å². The summed E-state index contributed by atoms with van der Waals surface area (Å²) in [5, 5.41) is 8.97. The van der Waals surface area contributed by atoms with Crippen LogP contribution in [-0.2, 0) is 16.1 Å². The van der Waals surface area contributed by atoms with Crippen LogP contribution in [0, 0.1) is 17.1 Å². The average Bonchev–Trinajstić information content (AvgIpc) is 2.54. The molecule has 0 spiro atoms. The first kappa shape index (κ1) is 13.2. The molecule has 1 aliphatic heterocycles. The first-order valence-corrected chi connectivity index (χ1v) is 6.13. The van der Waals surface area contributed by atoms with E-state index < -0.39 is 5.82 Å². The smallest absolute Gasteiger partial charge is 0.229 e. The predicted octanol–water partition coefficient (Wildman–Crippen LogP) is 2.13. The Hall–Kier alpha value is -2.22. The van der Waals surface area contributed by atoms with Crippen LogP contribution in [0.15, 0.2) is 18.2 Å². The molecule has 0 unspecified atom stereocenters. The van der Waals surface area contributed by atoms with Gasteiger partial charge < -0.3 is 0 Å². The molecule has 2 amide bonds. The first-order chi connectivity index (χ1) is 9.11. The highest BCUT2D eigenvalue weighted by atomic mass is 19.1. The first-order valence-electron chi connectivity index (χ1n) is 6.13. The molecule has 1 aromatic rings. The van der Waals surface area contributed by atoms with Crippen molar-refractivity contribution in [2.45, 2.75) is 32.2 Å². The van der Waals surface area contributed by atoms with Crippen molar-refractivity contribution < 1.29 is 14.0 Å². The molecule has 1 saturated heterocycles. The summed E-state index contributed by atoms with van der Waals surface area (Å²) >= 11 is 0. The van der Waals surface area contributed by atoms with Crippen LogP contribution in [0.2, 0.25) is 0 Å². The fourth-order valence-electron chi connectivity index (χ4n) is 2.11. The fraction of sp³-hybridized carbons (Fsp3) is 0.357. The SMILES string of the molecule is N#Cc1ccc(F)cc1CN1C(=O)CCCCC1=O. The molecular formula is C14H13FN2O2. The zero-order chi connectivity index (χ0) is 13.8. The Morgan fingerprint density at radius 3 is 2.42 bits per heavy atom. The molecule has 0 N–H and O–H groups in total. The van der Waals surface area contributed by atoms with Crippen LogP contribution >= 0.6 is 0 Å². The third kappa shape index (κ3) is 2.97. The van der Waals surface area contributed by atoms with Crippen molar-refractivity contribution in [3.63, 3.8) is 0 Å². The minimum atomic E-state index is -0.483. The second-order valence-electron chi connectivity index (χ2n) is 4.49. The van der Waals surface area contributed by atoms with Crippen molar-refractivity contribution in [1.29, 1.82) is 5.26 Å². The summed E-state index contributed by atoms with van der Waals surface area (Å²) in [6.07, 6.45) is 2.02. The van der Waals surface area contributed by atoms with Gasteiger partial charge in [0.1, 0.15) is 5.82 Å². The van der Waals surface area contributed by atoms with Crippen LogP contribution in [0.3, 0.4) is 0 Å². The molecular weight excluding hydrogens is 247 g/mol. The zero-order valence-electron chi connectivity index (χ0n) is 10.4. The van der Waals surface area contributed by atoms with Crippen molar-refractivity contribution in [2.24, 2.45) is 0 Å². The van der Waals surface area contributed by atoms with Gasteiger partial charge in [-0.2, -0.15) is 5.26 Å². The number of carbonyl (C=O) groups is 2. The second kappa shape index (κ2) is 5.61. The molecule has 4 nitrogen and oxygen atoms in total. The highest BCUT2D eigenvalue weighted by Gasteiger charge is 2.24.